The summed E-state index contributed by atoms with van der Waals surface area (Å²) in [6.45, 7) is 4.49. The summed E-state index contributed by atoms with van der Waals surface area (Å²) in [4.78, 5) is 23.0. The van der Waals surface area contributed by atoms with Crippen LogP contribution in [-0.4, -0.2) is 56.8 Å². The Balaban J connectivity index is 1.52. The van der Waals surface area contributed by atoms with Crippen LogP contribution in [0, 0.1) is 12.8 Å². The van der Waals surface area contributed by atoms with E-state index in [4.69, 9.17) is 0 Å². The summed E-state index contributed by atoms with van der Waals surface area (Å²) < 4.78 is 67.6. The van der Waals surface area contributed by atoms with E-state index in [2.05, 4.69) is 9.97 Å². The molecule has 37 heavy (non-hydrogen) atoms. The van der Waals surface area contributed by atoms with Crippen molar-refractivity contribution in [1.82, 2.24) is 23.2 Å². The number of imidazole rings is 1. The minimum Gasteiger partial charge on any atom is -0.342 e. The van der Waals surface area contributed by atoms with Crippen molar-refractivity contribution in [1.29, 1.82) is 0 Å². The Kier molecular flexibility index (Phi) is 6.25. The Morgan fingerprint density at radius 2 is 1.81 bits per heavy atom. The summed E-state index contributed by atoms with van der Waals surface area (Å²) in [5, 5.41) is 0. The third-order valence-corrected chi connectivity index (χ3v) is 8.74. The standard InChI is InChI=1S/C25H26F3N5O3S/c1-3-17-14-31(23(34)8-10-25(26,27)28)15-19(17)21-12-29-22-13-30-24-20(33(21)22)9-11-32(24)37(35,36)18-6-4-16(2)5-7-18/h4-7,9,11-13,17,19H,3,8,10,14-15H2,1-2H3/t17-,19+/m1/s1. The van der Waals surface area contributed by atoms with Gasteiger partial charge in [-0.05, 0) is 31.0 Å². The minimum absolute atomic E-state index is 0.0244. The molecule has 1 aromatic carbocycles. The molecule has 3 aromatic heterocycles. The van der Waals surface area contributed by atoms with E-state index in [1.54, 1.807) is 36.5 Å². The van der Waals surface area contributed by atoms with E-state index < -0.39 is 34.9 Å². The first-order chi connectivity index (χ1) is 17.5. The molecule has 1 aliphatic heterocycles. The van der Waals surface area contributed by atoms with Gasteiger partial charge in [-0.25, -0.2) is 22.4 Å². The number of carbonyl (C=O) groups excluding carboxylic acids is 1. The van der Waals surface area contributed by atoms with E-state index in [-0.39, 0.29) is 28.9 Å². The highest BCUT2D eigenvalue weighted by Gasteiger charge is 2.38. The van der Waals surface area contributed by atoms with Crippen LogP contribution in [0.1, 0.15) is 43.4 Å². The average Bonchev–Trinajstić information content (AvgIpc) is 3.57. The lowest BCUT2D eigenvalue weighted by molar-refractivity contribution is -0.148. The van der Waals surface area contributed by atoms with Gasteiger partial charge in [-0.3, -0.25) is 9.20 Å². The van der Waals surface area contributed by atoms with E-state index in [0.29, 0.717) is 17.7 Å². The molecule has 4 heterocycles. The predicted molar refractivity (Wildman–Crippen MR) is 131 cm³/mol. The van der Waals surface area contributed by atoms with Crippen molar-refractivity contribution in [2.45, 2.75) is 50.1 Å². The molecule has 5 rings (SSSR count). The average molecular weight is 534 g/mol. The highest BCUT2D eigenvalue weighted by atomic mass is 32.2. The van der Waals surface area contributed by atoms with Gasteiger partial charge >= 0.3 is 6.18 Å². The summed E-state index contributed by atoms with van der Waals surface area (Å²) in [6.07, 6.45) is -0.755. The monoisotopic (exact) mass is 533 g/mol. The molecule has 0 spiro atoms. The van der Waals surface area contributed by atoms with E-state index in [1.807, 2.05) is 18.2 Å². The molecule has 0 saturated carbocycles. The van der Waals surface area contributed by atoms with Crippen molar-refractivity contribution in [3.8, 4) is 0 Å². The Labute approximate surface area is 211 Å². The molecular formula is C25H26F3N5O3S. The smallest absolute Gasteiger partial charge is 0.342 e. The summed E-state index contributed by atoms with van der Waals surface area (Å²) in [7, 11) is -3.90. The number of rotatable bonds is 6. The van der Waals surface area contributed by atoms with Crippen molar-refractivity contribution in [3.05, 3.63) is 60.2 Å². The van der Waals surface area contributed by atoms with Gasteiger partial charge in [0.1, 0.15) is 0 Å². The number of aromatic nitrogens is 4. The molecule has 1 saturated heterocycles. The first kappa shape index (κ1) is 25.2. The zero-order valence-electron chi connectivity index (χ0n) is 20.3. The SMILES string of the molecule is CC[C@@H]1CN(C(=O)CCC(F)(F)F)C[C@@H]1c1cnc2cnc3c(ccn3S(=O)(=O)c3ccc(C)cc3)n12. The van der Waals surface area contributed by atoms with Gasteiger partial charge in [0, 0.05) is 43.5 Å². The van der Waals surface area contributed by atoms with Crippen molar-refractivity contribution < 1.29 is 26.4 Å². The van der Waals surface area contributed by atoms with Crippen LogP contribution in [0.2, 0.25) is 0 Å². The van der Waals surface area contributed by atoms with Crippen molar-refractivity contribution in [2.75, 3.05) is 13.1 Å². The van der Waals surface area contributed by atoms with E-state index in [1.165, 1.54) is 17.3 Å². The Morgan fingerprint density at radius 1 is 1.08 bits per heavy atom. The molecule has 0 N–H and O–H groups in total. The maximum absolute atomic E-state index is 13.4. The fraction of sp³-hybridized carbons (Fsp3) is 0.400. The lowest BCUT2D eigenvalue weighted by Gasteiger charge is -2.17. The number of benzene rings is 1. The first-order valence-corrected chi connectivity index (χ1v) is 13.4. The third-order valence-electron chi connectivity index (χ3n) is 7.06. The normalized spacial score (nSPS) is 18.8. The molecule has 1 amide bonds. The topological polar surface area (TPSA) is 89.6 Å². The second-order valence-electron chi connectivity index (χ2n) is 9.46. The lowest BCUT2D eigenvalue weighted by atomic mass is 9.91. The van der Waals surface area contributed by atoms with Crippen LogP contribution in [-0.2, 0) is 14.8 Å². The van der Waals surface area contributed by atoms with Crippen LogP contribution >= 0.6 is 0 Å². The van der Waals surface area contributed by atoms with Crippen LogP contribution in [0.4, 0.5) is 13.2 Å². The number of nitrogens with zero attached hydrogens (tertiary/aromatic N) is 5. The molecule has 12 heteroatoms. The number of aryl methyl sites for hydroxylation is 1. The second-order valence-corrected chi connectivity index (χ2v) is 11.3. The van der Waals surface area contributed by atoms with Gasteiger partial charge in [-0.15, -0.1) is 0 Å². The van der Waals surface area contributed by atoms with Crippen LogP contribution < -0.4 is 0 Å². The number of halogens is 3. The lowest BCUT2D eigenvalue weighted by Crippen LogP contribution is -2.30. The van der Waals surface area contributed by atoms with E-state index in [0.717, 1.165) is 21.7 Å². The number of likely N-dealkylation sites (tertiary alicyclic amines) is 1. The molecule has 0 bridgehead atoms. The van der Waals surface area contributed by atoms with Crippen LogP contribution in [0.15, 0.2) is 53.8 Å². The zero-order valence-corrected chi connectivity index (χ0v) is 21.1. The summed E-state index contributed by atoms with van der Waals surface area (Å²) >= 11 is 0. The number of carbonyl (C=O) groups is 1. The molecule has 0 radical (unpaired) electrons. The molecule has 196 valence electrons. The predicted octanol–water partition coefficient (Wildman–Crippen LogP) is 4.52. The second kappa shape index (κ2) is 9.16. The number of alkyl halides is 3. The van der Waals surface area contributed by atoms with Gasteiger partial charge in [0.25, 0.3) is 10.0 Å². The van der Waals surface area contributed by atoms with Gasteiger partial charge < -0.3 is 4.90 Å². The molecule has 0 aliphatic carbocycles. The largest absolute Gasteiger partial charge is 0.389 e. The van der Waals surface area contributed by atoms with Gasteiger partial charge in [0.05, 0.1) is 23.0 Å². The maximum atomic E-state index is 13.4. The van der Waals surface area contributed by atoms with Crippen LogP contribution in [0.25, 0.3) is 16.8 Å². The van der Waals surface area contributed by atoms with Gasteiger partial charge in [-0.2, -0.15) is 13.2 Å². The van der Waals surface area contributed by atoms with Crippen LogP contribution in [0.5, 0.6) is 0 Å². The van der Waals surface area contributed by atoms with Crippen molar-refractivity contribution in [2.24, 2.45) is 5.92 Å². The van der Waals surface area contributed by atoms with Gasteiger partial charge in [0.2, 0.25) is 5.91 Å². The van der Waals surface area contributed by atoms with Gasteiger partial charge in [-0.1, -0.05) is 31.0 Å². The zero-order chi connectivity index (χ0) is 26.5. The summed E-state index contributed by atoms with van der Waals surface area (Å²) in [5.41, 5.74) is 3.00. The van der Waals surface area contributed by atoms with E-state index >= 15 is 0 Å². The fourth-order valence-electron chi connectivity index (χ4n) is 5.06. The Bertz CT molecular complexity index is 1570. The highest BCUT2D eigenvalue weighted by Crippen LogP contribution is 2.37. The third kappa shape index (κ3) is 4.58. The maximum Gasteiger partial charge on any atom is 0.389 e. The van der Waals surface area contributed by atoms with Gasteiger partial charge in [0.15, 0.2) is 11.3 Å². The molecule has 4 aromatic rings. The molecule has 1 aliphatic rings. The molecule has 2 atom stereocenters. The number of fused-ring (bicyclic) bond motifs is 3. The Hall–Kier alpha value is -3.41. The number of hydrogen-bond donors (Lipinski definition) is 0. The number of amides is 1. The summed E-state index contributed by atoms with van der Waals surface area (Å²) in [5.74, 6) is -0.664. The first-order valence-electron chi connectivity index (χ1n) is 12.0. The van der Waals surface area contributed by atoms with E-state index in [9.17, 15) is 26.4 Å². The highest BCUT2D eigenvalue weighted by molar-refractivity contribution is 7.90. The van der Waals surface area contributed by atoms with Crippen molar-refractivity contribution in [3.63, 3.8) is 0 Å². The molecular weight excluding hydrogens is 507 g/mol. The minimum atomic E-state index is -4.38. The molecule has 8 nitrogen and oxygen atoms in total. The fourth-order valence-corrected chi connectivity index (χ4v) is 6.35. The molecule has 0 unspecified atom stereocenters. The van der Waals surface area contributed by atoms with Crippen molar-refractivity contribution >= 4 is 32.7 Å². The van der Waals surface area contributed by atoms with Crippen LogP contribution in [0.3, 0.4) is 0 Å². The molecule has 1 fully saturated rings. The quantitative estimate of drug-likeness (QED) is 0.364. The number of hydrogen-bond acceptors (Lipinski definition) is 5. The Morgan fingerprint density at radius 3 is 2.49 bits per heavy atom. The summed E-state index contributed by atoms with van der Waals surface area (Å²) in [6, 6.07) is 8.21.